The van der Waals surface area contributed by atoms with E-state index in [4.69, 9.17) is 5.73 Å². The number of hydrogen-bond donors (Lipinski definition) is 2. The second-order valence-electron chi connectivity index (χ2n) is 6.88. The second-order valence-corrected chi connectivity index (χ2v) is 6.88. The van der Waals surface area contributed by atoms with Gasteiger partial charge in [0.1, 0.15) is 0 Å². The molecule has 1 aromatic rings. The van der Waals surface area contributed by atoms with Gasteiger partial charge in [-0.2, -0.15) is 0 Å². The minimum absolute atomic E-state index is 0.254. The van der Waals surface area contributed by atoms with Crippen molar-refractivity contribution in [3.63, 3.8) is 0 Å². The van der Waals surface area contributed by atoms with Crippen molar-refractivity contribution in [3.8, 4) is 0 Å². The number of anilines is 1. The Hall–Kier alpha value is -1.51. The van der Waals surface area contributed by atoms with Gasteiger partial charge >= 0.3 is 0 Å². The molecule has 3 nitrogen and oxygen atoms in total. The van der Waals surface area contributed by atoms with E-state index in [1.165, 1.54) is 25.7 Å². The highest BCUT2D eigenvalue weighted by Gasteiger charge is 2.53. The van der Waals surface area contributed by atoms with Crippen LogP contribution in [0, 0.1) is 11.8 Å². The standard InChI is InChI=1S/C17H22N2O/c18-14-7-5-13(6-8-14)17(9-10-17)16(20)19-15(11-1-2-11)12-3-4-12/h5-8,11-12,15H,1-4,9-10,18H2,(H,19,20). The van der Waals surface area contributed by atoms with E-state index in [1.54, 1.807) is 0 Å². The fourth-order valence-electron chi connectivity index (χ4n) is 3.39. The van der Waals surface area contributed by atoms with Crippen molar-refractivity contribution in [1.82, 2.24) is 5.32 Å². The predicted octanol–water partition coefficient (Wildman–Crippen LogP) is 2.61. The summed E-state index contributed by atoms with van der Waals surface area (Å²) in [7, 11) is 0. The number of nitrogens with two attached hydrogens (primary N) is 1. The molecule has 0 aromatic heterocycles. The molecule has 0 radical (unpaired) electrons. The minimum Gasteiger partial charge on any atom is -0.399 e. The number of rotatable bonds is 5. The molecule has 3 N–H and O–H groups in total. The van der Waals surface area contributed by atoms with Crippen molar-refractivity contribution in [1.29, 1.82) is 0 Å². The first-order valence-corrected chi connectivity index (χ1v) is 7.86. The lowest BCUT2D eigenvalue weighted by Gasteiger charge is -2.22. The summed E-state index contributed by atoms with van der Waals surface area (Å²) in [5.74, 6) is 1.77. The average molecular weight is 270 g/mol. The molecule has 3 fully saturated rings. The smallest absolute Gasteiger partial charge is 0.230 e. The number of carbonyl (C=O) groups is 1. The number of hydrogen-bond acceptors (Lipinski definition) is 2. The van der Waals surface area contributed by atoms with Crippen LogP contribution in [0.2, 0.25) is 0 Å². The normalized spacial score (nSPS) is 23.6. The first-order valence-electron chi connectivity index (χ1n) is 7.86. The van der Waals surface area contributed by atoms with E-state index in [0.717, 1.165) is 35.9 Å². The van der Waals surface area contributed by atoms with E-state index >= 15 is 0 Å². The van der Waals surface area contributed by atoms with Crippen LogP contribution in [0.25, 0.3) is 0 Å². The molecule has 20 heavy (non-hydrogen) atoms. The molecule has 3 saturated carbocycles. The molecule has 0 atom stereocenters. The van der Waals surface area contributed by atoms with Gasteiger partial charge in [0.2, 0.25) is 5.91 Å². The summed E-state index contributed by atoms with van der Waals surface area (Å²) in [6.45, 7) is 0. The molecule has 0 bridgehead atoms. The van der Waals surface area contributed by atoms with E-state index in [2.05, 4.69) is 5.32 Å². The van der Waals surface area contributed by atoms with Gasteiger partial charge in [-0.15, -0.1) is 0 Å². The SMILES string of the molecule is Nc1ccc(C2(C(=O)NC(C3CC3)C3CC3)CC2)cc1. The second kappa shape index (κ2) is 4.24. The highest BCUT2D eigenvalue weighted by atomic mass is 16.2. The molecule has 0 saturated heterocycles. The van der Waals surface area contributed by atoms with Crippen molar-refractivity contribution in [3.05, 3.63) is 29.8 Å². The van der Waals surface area contributed by atoms with Crippen molar-refractivity contribution in [2.75, 3.05) is 5.73 Å². The fourth-order valence-corrected chi connectivity index (χ4v) is 3.39. The topological polar surface area (TPSA) is 55.1 Å². The highest BCUT2D eigenvalue weighted by molar-refractivity contribution is 5.91. The number of benzene rings is 1. The van der Waals surface area contributed by atoms with Crippen LogP contribution >= 0.6 is 0 Å². The molecule has 3 aliphatic carbocycles. The van der Waals surface area contributed by atoms with Crippen LogP contribution in [0.3, 0.4) is 0 Å². The zero-order valence-corrected chi connectivity index (χ0v) is 11.8. The Bertz CT molecular complexity index is 512. The lowest BCUT2D eigenvalue weighted by molar-refractivity contribution is -0.124. The Labute approximate surface area is 119 Å². The van der Waals surface area contributed by atoms with Gasteiger partial charge in [0.05, 0.1) is 5.41 Å². The summed E-state index contributed by atoms with van der Waals surface area (Å²) in [5.41, 5.74) is 7.38. The van der Waals surface area contributed by atoms with Gasteiger partial charge < -0.3 is 11.1 Å². The fraction of sp³-hybridized carbons (Fsp3) is 0.588. The van der Waals surface area contributed by atoms with Crippen LogP contribution in [0.4, 0.5) is 5.69 Å². The van der Waals surface area contributed by atoms with Crippen LogP contribution < -0.4 is 11.1 Å². The largest absolute Gasteiger partial charge is 0.399 e. The van der Waals surface area contributed by atoms with E-state index in [9.17, 15) is 4.79 Å². The van der Waals surface area contributed by atoms with Crippen molar-refractivity contribution in [2.45, 2.75) is 50.0 Å². The summed E-state index contributed by atoms with van der Waals surface area (Å²) >= 11 is 0. The maximum Gasteiger partial charge on any atom is 0.230 e. The van der Waals surface area contributed by atoms with Gasteiger partial charge in [-0.1, -0.05) is 12.1 Å². The molecule has 0 heterocycles. The summed E-state index contributed by atoms with van der Waals surface area (Å²) < 4.78 is 0. The summed E-state index contributed by atoms with van der Waals surface area (Å²) in [5, 5.41) is 3.39. The lowest BCUT2D eigenvalue weighted by Crippen LogP contribution is -2.43. The van der Waals surface area contributed by atoms with Crippen molar-refractivity contribution >= 4 is 11.6 Å². The Kier molecular flexibility index (Phi) is 2.60. The maximum absolute atomic E-state index is 12.7. The molecule has 3 aliphatic rings. The van der Waals surface area contributed by atoms with E-state index in [1.807, 2.05) is 24.3 Å². The molecule has 4 rings (SSSR count). The average Bonchev–Trinajstić information content (AvgIpc) is 3.27. The van der Waals surface area contributed by atoms with Gasteiger partial charge in [-0.25, -0.2) is 0 Å². The van der Waals surface area contributed by atoms with E-state index in [0.29, 0.717) is 6.04 Å². The van der Waals surface area contributed by atoms with Gasteiger partial charge in [-0.3, -0.25) is 4.79 Å². The molecule has 0 spiro atoms. The molecule has 0 aliphatic heterocycles. The third-order valence-corrected chi connectivity index (χ3v) is 5.21. The monoisotopic (exact) mass is 270 g/mol. The minimum atomic E-state index is -0.254. The first kappa shape index (κ1) is 12.2. The first-order chi connectivity index (χ1) is 9.69. The maximum atomic E-state index is 12.7. The van der Waals surface area contributed by atoms with Crippen LogP contribution in [0.1, 0.15) is 44.1 Å². The molecular formula is C17H22N2O. The quantitative estimate of drug-likeness (QED) is 0.808. The van der Waals surface area contributed by atoms with Crippen LogP contribution in [0.5, 0.6) is 0 Å². The zero-order chi connectivity index (χ0) is 13.7. The molecular weight excluding hydrogens is 248 g/mol. The van der Waals surface area contributed by atoms with Crippen LogP contribution in [0.15, 0.2) is 24.3 Å². The Morgan fingerprint density at radius 3 is 2.10 bits per heavy atom. The summed E-state index contributed by atoms with van der Waals surface area (Å²) in [4.78, 5) is 12.7. The van der Waals surface area contributed by atoms with Crippen LogP contribution in [-0.2, 0) is 10.2 Å². The predicted molar refractivity (Wildman–Crippen MR) is 79.1 cm³/mol. The third-order valence-electron chi connectivity index (χ3n) is 5.21. The summed E-state index contributed by atoms with van der Waals surface area (Å²) in [6, 6.07) is 8.30. The Morgan fingerprint density at radius 2 is 1.65 bits per heavy atom. The number of carbonyl (C=O) groups excluding carboxylic acids is 1. The lowest BCUT2D eigenvalue weighted by atomic mass is 9.93. The zero-order valence-electron chi connectivity index (χ0n) is 11.8. The van der Waals surface area contributed by atoms with Gasteiger partial charge in [0.25, 0.3) is 0 Å². The van der Waals surface area contributed by atoms with Gasteiger partial charge in [0, 0.05) is 11.7 Å². The van der Waals surface area contributed by atoms with Gasteiger partial charge in [-0.05, 0) is 68.1 Å². The summed E-state index contributed by atoms with van der Waals surface area (Å²) in [6.07, 6.45) is 7.16. The number of nitrogen functional groups attached to an aromatic ring is 1. The Balaban J connectivity index is 1.50. The number of amides is 1. The molecule has 1 aromatic carbocycles. The number of nitrogens with one attached hydrogen (secondary N) is 1. The molecule has 106 valence electrons. The van der Waals surface area contributed by atoms with Crippen molar-refractivity contribution in [2.24, 2.45) is 11.8 Å². The molecule has 0 unspecified atom stereocenters. The van der Waals surface area contributed by atoms with E-state index < -0.39 is 0 Å². The molecule has 1 amide bonds. The Morgan fingerprint density at radius 1 is 1.10 bits per heavy atom. The van der Waals surface area contributed by atoms with Crippen LogP contribution in [-0.4, -0.2) is 11.9 Å². The van der Waals surface area contributed by atoms with Crippen molar-refractivity contribution < 1.29 is 4.79 Å². The highest BCUT2D eigenvalue weighted by Crippen LogP contribution is 2.50. The van der Waals surface area contributed by atoms with E-state index in [-0.39, 0.29) is 11.3 Å². The third kappa shape index (κ3) is 2.09. The molecule has 3 heteroatoms. The van der Waals surface area contributed by atoms with Gasteiger partial charge in [0.15, 0.2) is 0 Å².